The topological polar surface area (TPSA) is 74.5 Å². The first-order chi connectivity index (χ1) is 11.0. The fourth-order valence-electron chi connectivity index (χ4n) is 2.36. The van der Waals surface area contributed by atoms with Crippen molar-refractivity contribution in [2.75, 3.05) is 11.9 Å². The Balaban J connectivity index is 2.00. The molecular formula is C18H24N2O3. The maximum Gasteiger partial charge on any atom is 0.319 e. The molecule has 2 aromatic rings. The second kappa shape index (κ2) is 7.33. The first-order valence-corrected chi connectivity index (χ1v) is 7.89. The SMILES string of the molecule is CCc1ccc(CC)c(NC(=O)NCC(C)(O)c2ccco2)c1. The van der Waals surface area contributed by atoms with Gasteiger partial charge in [-0.2, -0.15) is 0 Å². The summed E-state index contributed by atoms with van der Waals surface area (Å²) in [5, 5.41) is 15.9. The second-order valence-corrected chi connectivity index (χ2v) is 5.76. The number of aliphatic hydroxyl groups is 1. The average molecular weight is 316 g/mol. The van der Waals surface area contributed by atoms with Crippen LogP contribution in [0.25, 0.3) is 0 Å². The van der Waals surface area contributed by atoms with E-state index in [1.807, 2.05) is 19.1 Å². The van der Waals surface area contributed by atoms with Crippen LogP contribution in [-0.2, 0) is 18.4 Å². The van der Waals surface area contributed by atoms with E-state index in [2.05, 4.69) is 23.6 Å². The molecule has 0 spiro atoms. The van der Waals surface area contributed by atoms with Crippen LogP contribution in [0, 0.1) is 0 Å². The van der Waals surface area contributed by atoms with Crippen molar-refractivity contribution < 1.29 is 14.3 Å². The molecular weight excluding hydrogens is 292 g/mol. The van der Waals surface area contributed by atoms with Gasteiger partial charge >= 0.3 is 6.03 Å². The van der Waals surface area contributed by atoms with Crippen LogP contribution < -0.4 is 10.6 Å². The Morgan fingerprint density at radius 1 is 1.26 bits per heavy atom. The molecule has 0 aliphatic heterocycles. The molecule has 0 saturated carbocycles. The standard InChI is InChI=1S/C18H24N2O3/c1-4-13-8-9-14(5-2)15(11-13)20-17(21)19-12-18(3,22)16-7-6-10-23-16/h6-11,22H,4-5,12H2,1-3H3,(H2,19,20,21). The van der Waals surface area contributed by atoms with E-state index in [1.165, 1.54) is 11.8 Å². The predicted octanol–water partition coefficient (Wildman–Crippen LogP) is 3.43. The molecule has 2 rings (SSSR count). The summed E-state index contributed by atoms with van der Waals surface area (Å²) >= 11 is 0. The van der Waals surface area contributed by atoms with Gasteiger partial charge in [-0.05, 0) is 49.1 Å². The molecule has 2 amide bonds. The molecule has 0 fully saturated rings. The van der Waals surface area contributed by atoms with Crippen molar-refractivity contribution in [3.8, 4) is 0 Å². The molecule has 1 aromatic carbocycles. The van der Waals surface area contributed by atoms with E-state index in [1.54, 1.807) is 19.1 Å². The van der Waals surface area contributed by atoms with E-state index in [-0.39, 0.29) is 12.6 Å². The maximum absolute atomic E-state index is 12.1. The van der Waals surface area contributed by atoms with Gasteiger partial charge in [0.2, 0.25) is 0 Å². The van der Waals surface area contributed by atoms with Gasteiger partial charge in [0.15, 0.2) is 0 Å². The number of aryl methyl sites for hydroxylation is 2. The quantitative estimate of drug-likeness (QED) is 0.764. The Morgan fingerprint density at radius 3 is 2.65 bits per heavy atom. The van der Waals surface area contributed by atoms with E-state index < -0.39 is 5.60 Å². The molecule has 1 aromatic heterocycles. The molecule has 5 heteroatoms. The van der Waals surface area contributed by atoms with E-state index in [0.29, 0.717) is 5.76 Å². The minimum absolute atomic E-state index is 0.0568. The fraction of sp³-hybridized carbons (Fsp3) is 0.389. The summed E-state index contributed by atoms with van der Waals surface area (Å²) < 4.78 is 5.19. The van der Waals surface area contributed by atoms with Gasteiger partial charge in [0.1, 0.15) is 11.4 Å². The van der Waals surface area contributed by atoms with Gasteiger partial charge in [-0.15, -0.1) is 0 Å². The maximum atomic E-state index is 12.1. The minimum atomic E-state index is -1.25. The minimum Gasteiger partial charge on any atom is -0.466 e. The first-order valence-electron chi connectivity index (χ1n) is 7.89. The van der Waals surface area contributed by atoms with Crippen LogP contribution in [0.5, 0.6) is 0 Å². The summed E-state index contributed by atoms with van der Waals surface area (Å²) in [6.45, 7) is 5.78. The van der Waals surface area contributed by atoms with Crippen LogP contribution in [0.4, 0.5) is 10.5 Å². The molecule has 3 N–H and O–H groups in total. The number of nitrogens with one attached hydrogen (secondary N) is 2. The van der Waals surface area contributed by atoms with Crippen LogP contribution in [0.3, 0.4) is 0 Å². The zero-order chi connectivity index (χ0) is 16.9. The average Bonchev–Trinajstić information content (AvgIpc) is 3.08. The molecule has 23 heavy (non-hydrogen) atoms. The van der Waals surface area contributed by atoms with Gasteiger partial charge in [0.05, 0.1) is 12.8 Å². The lowest BCUT2D eigenvalue weighted by Crippen LogP contribution is -2.40. The Labute approximate surface area is 136 Å². The van der Waals surface area contributed by atoms with Gasteiger partial charge in [0, 0.05) is 5.69 Å². The molecule has 124 valence electrons. The Morgan fingerprint density at radius 2 is 2.04 bits per heavy atom. The number of rotatable bonds is 6. The lowest BCUT2D eigenvalue weighted by Gasteiger charge is -2.21. The summed E-state index contributed by atoms with van der Waals surface area (Å²) in [4.78, 5) is 12.1. The van der Waals surface area contributed by atoms with E-state index in [9.17, 15) is 9.90 Å². The van der Waals surface area contributed by atoms with Crippen LogP contribution in [0.15, 0.2) is 41.0 Å². The first kappa shape index (κ1) is 17.1. The number of amides is 2. The number of hydrogen-bond acceptors (Lipinski definition) is 3. The molecule has 0 aliphatic carbocycles. The van der Waals surface area contributed by atoms with Crippen molar-refractivity contribution in [3.05, 3.63) is 53.5 Å². The molecule has 0 radical (unpaired) electrons. The number of hydrogen-bond donors (Lipinski definition) is 3. The van der Waals surface area contributed by atoms with E-state index in [4.69, 9.17) is 4.42 Å². The van der Waals surface area contributed by atoms with Crippen LogP contribution in [-0.4, -0.2) is 17.7 Å². The second-order valence-electron chi connectivity index (χ2n) is 5.76. The van der Waals surface area contributed by atoms with Crippen molar-refractivity contribution in [1.29, 1.82) is 0 Å². The Hall–Kier alpha value is -2.27. The van der Waals surface area contributed by atoms with Gasteiger partial charge < -0.3 is 20.2 Å². The van der Waals surface area contributed by atoms with Gasteiger partial charge in [-0.3, -0.25) is 0 Å². The summed E-state index contributed by atoms with van der Waals surface area (Å²) in [6.07, 6.45) is 3.24. The summed E-state index contributed by atoms with van der Waals surface area (Å²) in [5.41, 5.74) is 1.80. The highest BCUT2D eigenvalue weighted by Gasteiger charge is 2.26. The molecule has 1 atom stereocenters. The molecule has 0 aliphatic rings. The van der Waals surface area contributed by atoms with Gasteiger partial charge in [-0.1, -0.05) is 26.0 Å². The largest absolute Gasteiger partial charge is 0.466 e. The summed E-state index contributed by atoms with van der Waals surface area (Å²) in [6, 6.07) is 9.13. The zero-order valence-corrected chi connectivity index (χ0v) is 13.8. The van der Waals surface area contributed by atoms with Crippen molar-refractivity contribution >= 4 is 11.7 Å². The molecule has 0 bridgehead atoms. The number of furan rings is 1. The van der Waals surface area contributed by atoms with Crippen molar-refractivity contribution in [2.45, 2.75) is 39.2 Å². The number of anilines is 1. The van der Waals surface area contributed by atoms with Crippen molar-refractivity contribution in [1.82, 2.24) is 5.32 Å². The number of benzene rings is 1. The smallest absolute Gasteiger partial charge is 0.319 e. The van der Waals surface area contributed by atoms with Crippen LogP contribution >= 0.6 is 0 Å². The molecule has 1 heterocycles. The number of carbonyl (C=O) groups excluding carboxylic acids is 1. The predicted molar refractivity (Wildman–Crippen MR) is 90.5 cm³/mol. The summed E-state index contributed by atoms with van der Waals surface area (Å²) in [5.74, 6) is 0.417. The Bertz CT molecular complexity index is 648. The molecule has 0 saturated heterocycles. The summed E-state index contributed by atoms with van der Waals surface area (Å²) in [7, 11) is 0. The van der Waals surface area contributed by atoms with Crippen LogP contribution in [0.1, 0.15) is 37.7 Å². The fourth-order valence-corrected chi connectivity index (χ4v) is 2.36. The number of carbonyl (C=O) groups is 1. The normalized spacial score (nSPS) is 13.4. The molecule has 5 nitrogen and oxygen atoms in total. The van der Waals surface area contributed by atoms with Crippen molar-refractivity contribution in [3.63, 3.8) is 0 Å². The van der Waals surface area contributed by atoms with Crippen molar-refractivity contribution in [2.24, 2.45) is 0 Å². The van der Waals surface area contributed by atoms with Crippen LogP contribution in [0.2, 0.25) is 0 Å². The van der Waals surface area contributed by atoms with Gasteiger partial charge in [-0.25, -0.2) is 4.79 Å². The zero-order valence-electron chi connectivity index (χ0n) is 13.8. The third-order valence-electron chi connectivity index (χ3n) is 3.86. The third kappa shape index (κ3) is 4.36. The van der Waals surface area contributed by atoms with E-state index in [0.717, 1.165) is 24.1 Å². The lowest BCUT2D eigenvalue weighted by atomic mass is 10.0. The lowest BCUT2D eigenvalue weighted by molar-refractivity contribution is 0.0372. The highest BCUT2D eigenvalue weighted by Crippen LogP contribution is 2.21. The van der Waals surface area contributed by atoms with Gasteiger partial charge in [0.25, 0.3) is 0 Å². The van der Waals surface area contributed by atoms with E-state index >= 15 is 0 Å². The monoisotopic (exact) mass is 316 g/mol. The highest BCUT2D eigenvalue weighted by molar-refractivity contribution is 5.90. The number of urea groups is 1. The Kier molecular flexibility index (Phi) is 5.45. The molecule has 1 unspecified atom stereocenters. The highest BCUT2D eigenvalue weighted by atomic mass is 16.4. The third-order valence-corrected chi connectivity index (χ3v) is 3.86.